The normalized spacial score (nSPS) is 17.5. The quantitative estimate of drug-likeness (QED) is 0.839. The number of carbonyl (C=O) groups is 1. The summed E-state index contributed by atoms with van der Waals surface area (Å²) >= 11 is 0. The van der Waals surface area contributed by atoms with Crippen molar-refractivity contribution in [1.82, 2.24) is 14.9 Å². The lowest BCUT2D eigenvalue weighted by Gasteiger charge is -2.32. The topological polar surface area (TPSA) is 55.3 Å². The van der Waals surface area contributed by atoms with Crippen molar-refractivity contribution in [3.05, 3.63) is 59.2 Å². The van der Waals surface area contributed by atoms with Crippen LogP contribution in [0.5, 0.6) is 0 Å². The molecule has 1 amide bonds. The van der Waals surface area contributed by atoms with Crippen molar-refractivity contribution >= 4 is 5.91 Å². The number of aromatic nitrogens is 2. The van der Waals surface area contributed by atoms with Crippen LogP contribution in [-0.4, -0.2) is 33.9 Å². The SMILES string of the molecule is CC(=O)N1CCCC(c2nc(C)ncc2COCc2ccccc2)C1. The highest BCUT2D eigenvalue weighted by Crippen LogP contribution is 2.28. The molecule has 0 N–H and O–H groups in total. The number of ether oxygens (including phenoxy) is 1. The Bertz CT molecular complexity index is 718. The van der Waals surface area contributed by atoms with Gasteiger partial charge in [0.2, 0.25) is 5.91 Å². The van der Waals surface area contributed by atoms with Crippen LogP contribution in [-0.2, 0) is 22.7 Å². The molecule has 0 aliphatic carbocycles. The second-order valence-corrected chi connectivity index (χ2v) is 6.61. The molecule has 1 unspecified atom stereocenters. The van der Waals surface area contributed by atoms with Gasteiger partial charge in [-0.05, 0) is 25.3 Å². The minimum absolute atomic E-state index is 0.136. The van der Waals surface area contributed by atoms with E-state index in [0.717, 1.165) is 48.6 Å². The number of amides is 1. The van der Waals surface area contributed by atoms with Gasteiger partial charge in [0.15, 0.2) is 0 Å². The third-order valence-electron chi connectivity index (χ3n) is 4.64. The number of hydrogen-bond acceptors (Lipinski definition) is 4. The monoisotopic (exact) mass is 339 g/mol. The number of piperidine rings is 1. The highest BCUT2D eigenvalue weighted by molar-refractivity contribution is 5.73. The first kappa shape index (κ1) is 17.5. The summed E-state index contributed by atoms with van der Waals surface area (Å²) < 4.78 is 5.89. The van der Waals surface area contributed by atoms with E-state index in [9.17, 15) is 4.79 Å². The maximum atomic E-state index is 11.7. The van der Waals surface area contributed by atoms with Crippen LogP contribution in [0.1, 0.15) is 48.3 Å². The molecule has 0 spiro atoms. The van der Waals surface area contributed by atoms with Crippen molar-refractivity contribution in [1.29, 1.82) is 0 Å². The smallest absolute Gasteiger partial charge is 0.219 e. The summed E-state index contributed by atoms with van der Waals surface area (Å²) in [6.45, 7) is 6.17. The zero-order chi connectivity index (χ0) is 17.6. The molecule has 0 saturated carbocycles. The van der Waals surface area contributed by atoms with Gasteiger partial charge in [0.05, 0.1) is 18.9 Å². The van der Waals surface area contributed by atoms with E-state index in [1.54, 1.807) is 6.92 Å². The summed E-state index contributed by atoms with van der Waals surface area (Å²) in [7, 11) is 0. The highest BCUT2D eigenvalue weighted by Gasteiger charge is 2.26. The van der Waals surface area contributed by atoms with Crippen LogP contribution in [0.25, 0.3) is 0 Å². The summed E-state index contributed by atoms with van der Waals surface area (Å²) in [5.74, 6) is 1.16. The molecule has 1 aromatic heterocycles. The molecule has 1 fully saturated rings. The fraction of sp³-hybridized carbons (Fsp3) is 0.450. The minimum atomic E-state index is 0.136. The van der Waals surface area contributed by atoms with Gasteiger partial charge in [-0.2, -0.15) is 0 Å². The largest absolute Gasteiger partial charge is 0.372 e. The molecule has 1 atom stereocenters. The lowest BCUT2D eigenvalue weighted by atomic mass is 9.92. The van der Waals surface area contributed by atoms with Crippen LogP contribution < -0.4 is 0 Å². The summed E-state index contributed by atoms with van der Waals surface area (Å²) in [6.07, 6.45) is 3.93. The van der Waals surface area contributed by atoms with Crippen molar-refractivity contribution < 1.29 is 9.53 Å². The molecule has 25 heavy (non-hydrogen) atoms. The van der Waals surface area contributed by atoms with Crippen LogP contribution in [0.15, 0.2) is 36.5 Å². The van der Waals surface area contributed by atoms with Gasteiger partial charge in [-0.25, -0.2) is 9.97 Å². The van der Waals surface area contributed by atoms with Crippen LogP contribution in [0, 0.1) is 6.92 Å². The Kier molecular flexibility index (Phi) is 5.76. The van der Waals surface area contributed by atoms with Crippen molar-refractivity contribution in [2.45, 2.75) is 45.8 Å². The molecule has 1 aliphatic heterocycles. The molecule has 3 rings (SSSR count). The highest BCUT2D eigenvalue weighted by atomic mass is 16.5. The van der Waals surface area contributed by atoms with E-state index < -0.39 is 0 Å². The Labute approximate surface area is 149 Å². The van der Waals surface area contributed by atoms with Gasteiger partial charge in [-0.15, -0.1) is 0 Å². The lowest BCUT2D eigenvalue weighted by molar-refractivity contribution is -0.130. The second-order valence-electron chi connectivity index (χ2n) is 6.61. The van der Waals surface area contributed by atoms with E-state index in [4.69, 9.17) is 4.74 Å². The number of benzene rings is 1. The molecule has 2 aromatic rings. The number of rotatable bonds is 5. The Morgan fingerprint density at radius 3 is 2.84 bits per heavy atom. The van der Waals surface area contributed by atoms with Gasteiger partial charge < -0.3 is 9.64 Å². The summed E-state index contributed by atoms with van der Waals surface area (Å²) in [6, 6.07) is 10.1. The van der Waals surface area contributed by atoms with E-state index in [-0.39, 0.29) is 11.8 Å². The van der Waals surface area contributed by atoms with Gasteiger partial charge >= 0.3 is 0 Å². The molecule has 132 valence electrons. The molecule has 1 saturated heterocycles. The number of aryl methyl sites for hydroxylation is 1. The van der Waals surface area contributed by atoms with Gasteiger partial charge in [-0.1, -0.05) is 30.3 Å². The van der Waals surface area contributed by atoms with Crippen LogP contribution in [0.4, 0.5) is 0 Å². The second kappa shape index (κ2) is 8.21. The van der Waals surface area contributed by atoms with Gasteiger partial charge in [0.25, 0.3) is 0 Å². The average Bonchev–Trinajstić information content (AvgIpc) is 2.64. The van der Waals surface area contributed by atoms with Gasteiger partial charge in [0.1, 0.15) is 5.82 Å². The maximum absolute atomic E-state index is 11.7. The lowest BCUT2D eigenvalue weighted by Crippen LogP contribution is -2.38. The van der Waals surface area contributed by atoms with E-state index >= 15 is 0 Å². The summed E-state index contributed by atoms with van der Waals surface area (Å²) in [4.78, 5) is 22.7. The molecule has 5 heteroatoms. The van der Waals surface area contributed by atoms with Crippen LogP contribution in [0.2, 0.25) is 0 Å². The minimum Gasteiger partial charge on any atom is -0.372 e. The Hall–Kier alpha value is -2.27. The first-order valence-corrected chi connectivity index (χ1v) is 8.83. The Morgan fingerprint density at radius 1 is 1.28 bits per heavy atom. The first-order chi connectivity index (χ1) is 12.1. The number of hydrogen-bond donors (Lipinski definition) is 0. The van der Waals surface area contributed by atoms with E-state index in [0.29, 0.717) is 13.2 Å². The Balaban J connectivity index is 1.70. The molecule has 0 bridgehead atoms. The maximum Gasteiger partial charge on any atom is 0.219 e. The first-order valence-electron chi connectivity index (χ1n) is 8.83. The molecular formula is C20H25N3O2. The van der Waals surface area contributed by atoms with E-state index in [2.05, 4.69) is 22.1 Å². The Morgan fingerprint density at radius 2 is 2.08 bits per heavy atom. The molecule has 5 nitrogen and oxygen atoms in total. The van der Waals surface area contributed by atoms with Crippen molar-refractivity contribution in [2.75, 3.05) is 13.1 Å². The summed E-state index contributed by atoms with van der Waals surface area (Å²) in [5.41, 5.74) is 3.21. The summed E-state index contributed by atoms with van der Waals surface area (Å²) in [5, 5.41) is 0. The zero-order valence-electron chi connectivity index (χ0n) is 14.9. The number of nitrogens with zero attached hydrogens (tertiary/aromatic N) is 3. The van der Waals surface area contributed by atoms with E-state index in [1.165, 1.54) is 0 Å². The number of carbonyl (C=O) groups excluding carboxylic acids is 1. The van der Waals surface area contributed by atoms with Gasteiger partial charge in [0, 0.05) is 37.7 Å². The van der Waals surface area contributed by atoms with Gasteiger partial charge in [-0.3, -0.25) is 4.79 Å². The molecule has 1 aliphatic rings. The molecule has 2 heterocycles. The zero-order valence-corrected chi connectivity index (χ0v) is 14.9. The molecular weight excluding hydrogens is 314 g/mol. The predicted octanol–water partition coefficient (Wildman–Crippen LogP) is 3.23. The van der Waals surface area contributed by atoms with Crippen LogP contribution in [0.3, 0.4) is 0 Å². The predicted molar refractivity (Wildman–Crippen MR) is 95.9 cm³/mol. The van der Waals surface area contributed by atoms with Crippen LogP contribution >= 0.6 is 0 Å². The van der Waals surface area contributed by atoms with Crippen molar-refractivity contribution in [3.63, 3.8) is 0 Å². The fourth-order valence-corrected chi connectivity index (χ4v) is 3.32. The number of likely N-dealkylation sites (tertiary alicyclic amines) is 1. The third kappa shape index (κ3) is 4.63. The average molecular weight is 339 g/mol. The van der Waals surface area contributed by atoms with E-state index in [1.807, 2.05) is 36.2 Å². The standard InChI is InChI=1S/C20H25N3O2/c1-15-21-11-19(14-25-13-17-7-4-3-5-8-17)20(22-15)18-9-6-10-23(12-18)16(2)24/h3-5,7-8,11,18H,6,9-10,12-14H2,1-2H3. The molecule has 1 aromatic carbocycles. The van der Waals surface area contributed by atoms with Crippen molar-refractivity contribution in [3.8, 4) is 0 Å². The molecule has 0 radical (unpaired) electrons. The van der Waals surface area contributed by atoms with Crippen molar-refractivity contribution in [2.24, 2.45) is 0 Å². The third-order valence-corrected chi connectivity index (χ3v) is 4.64. The fourth-order valence-electron chi connectivity index (χ4n) is 3.32.